The molecule has 17 heavy (non-hydrogen) atoms. The van der Waals surface area contributed by atoms with Crippen LogP contribution in [-0.2, 0) is 4.79 Å². The Bertz CT molecular complexity index is 399. The maximum absolute atomic E-state index is 11.2. The van der Waals surface area contributed by atoms with E-state index < -0.39 is 0 Å². The average molecular weight is 233 g/mol. The SMILES string of the molecule is C=CC(=O)NC(C)c1cccc(OC(C)C)c1. The number of amides is 1. The van der Waals surface area contributed by atoms with E-state index in [4.69, 9.17) is 4.74 Å². The van der Waals surface area contributed by atoms with Gasteiger partial charge < -0.3 is 10.1 Å². The number of hydrogen-bond donors (Lipinski definition) is 1. The van der Waals surface area contributed by atoms with Crippen molar-refractivity contribution in [2.24, 2.45) is 0 Å². The van der Waals surface area contributed by atoms with Crippen molar-refractivity contribution in [2.75, 3.05) is 0 Å². The number of benzene rings is 1. The summed E-state index contributed by atoms with van der Waals surface area (Å²) in [6.45, 7) is 9.32. The third kappa shape index (κ3) is 4.31. The fourth-order valence-electron chi connectivity index (χ4n) is 1.49. The molecule has 1 aromatic rings. The highest BCUT2D eigenvalue weighted by molar-refractivity contribution is 5.87. The molecule has 0 fully saturated rings. The zero-order chi connectivity index (χ0) is 12.8. The highest BCUT2D eigenvalue weighted by Crippen LogP contribution is 2.19. The van der Waals surface area contributed by atoms with Gasteiger partial charge in [0.2, 0.25) is 5.91 Å². The second kappa shape index (κ2) is 6.09. The van der Waals surface area contributed by atoms with Crippen LogP contribution < -0.4 is 10.1 Å². The predicted molar refractivity (Wildman–Crippen MR) is 69.0 cm³/mol. The molecule has 0 aliphatic carbocycles. The number of carbonyl (C=O) groups is 1. The van der Waals surface area contributed by atoms with Crippen LogP contribution in [0.2, 0.25) is 0 Å². The molecular formula is C14H19NO2. The lowest BCUT2D eigenvalue weighted by Crippen LogP contribution is -2.24. The lowest BCUT2D eigenvalue weighted by Gasteiger charge is -2.15. The molecule has 1 unspecified atom stereocenters. The Balaban J connectivity index is 2.76. The molecule has 0 heterocycles. The molecule has 0 aliphatic rings. The lowest BCUT2D eigenvalue weighted by atomic mass is 10.1. The monoisotopic (exact) mass is 233 g/mol. The Hall–Kier alpha value is -1.77. The minimum absolute atomic E-state index is 0.0591. The van der Waals surface area contributed by atoms with Crippen LogP contribution in [0.1, 0.15) is 32.4 Å². The summed E-state index contributed by atoms with van der Waals surface area (Å²) in [6.07, 6.45) is 1.41. The summed E-state index contributed by atoms with van der Waals surface area (Å²) in [4.78, 5) is 11.2. The first-order valence-corrected chi connectivity index (χ1v) is 5.72. The Labute approximate surface area is 102 Å². The summed E-state index contributed by atoms with van der Waals surface area (Å²) < 4.78 is 5.60. The molecule has 1 atom stereocenters. The predicted octanol–water partition coefficient (Wildman–Crippen LogP) is 2.84. The summed E-state index contributed by atoms with van der Waals surface area (Å²) >= 11 is 0. The van der Waals surface area contributed by atoms with Crippen molar-refractivity contribution in [3.05, 3.63) is 42.5 Å². The van der Waals surface area contributed by atoms with Crippen LogP contribution in [0.25, 0.3) is 0 Å². The van der Waals surface area contributed by atoms with Crippen LogP contribution in [0.3, 0.4) is 0 Å². The molecule has 0 radical (unpaired) electrons. The maximum atomic E-state index is 11.2. The van der Waals surface area contributed by atoms with Crippen molar-refractivity contribution in [3.8, 4) is 5.75 Å². The van der Waals surface area contributed by atoms with Crippen molar-refractivity contribution in [3.63, 3.8) is 0 Å². The number of rotatable bonds is 5. The van der Waals surface area contributed by atoms with Crippen LogP contribution in [0.15, 0.2) is 36.9 Å². The van der Waals surface area contributed by atoms with Crippen molar-refractivity contribution in [2.45, 2.75) is 32.9 Å². The van der Waals surface area contributed by atoms with Gasteiger partial charge in [-0.05, 0) is 44.5 Å². The van der Waals surface area contributed by atoms with Crippen molar-refractivity contribution >= 4 is 5.91 Å². The van der Waals surface area contributed by atoms with E-state index in [2.05, 4.69) is 11.9 Å². The molecule has 0 aliphatic heterocycles. The van der Waals surface area contributed by atoms with Crippen LogP contribution >= 0.6 is 0 Å². The van der Waals surface area contributed by atoms with E-state index in [1.807, 2.05) is 45.0 Å². The van der Waals surface area contributed by atoms with Crippen LogP contribution in [0.4, 0.5) is 0 Å². The molecule has 0 spiro atoms. The summed E-state index contributed by atoms with van der Waals surface area (Å²) in [5, 5.41) is 2.81. The topological polar surface area (TPSA) is 38.3 Å². The fraction of sp³-hybridized carbons (Fsp3) is 0.357. The fourth-order valence-corrected chi connectivity index (χ4v) is 1.49. The number of ether oxygens (including phenoxy) is 1. The van der Waals surface area contributed by atoms with E-state index in [-0.39, 0.29) is 18.1 Å². The summed E-state index contributed by atoms with van der Waals surface area (Å²) in [5.74, 6) is 0.643. The normalized spacial score (nSPS) is 12.0. The molecular weight excluding hydrogens is 214 g/mol. The Morgan fingerprint density at radius 2 is 2.12 bits per heavy atom. The molecule has 3 heteroatoms. The largest absolute Gasteiger partial charge is 0.491 e. The Morgan fingerprint density at radius 3 is 2.71 bits per heavy atom. The molecule has 0 aromatic heterocycles. The third-order valence-corrected chi connectivity index (χ3v) is 2.27. The van der Waals surface area contributed by atoms with E-state index >= 15 is 0 Å². The van der Waals surface area contributed by atoms with E-state index in [1.165, 1.54) is 6.08 Å². The van der Waals surface area contributed by atoms with E-state index in [9.17, 15) is 4.79 Å². The molecule has 1 amide bonds. The first-order valence-electron chi connectivity index (χ1n) is 5.72. The highest BCUT2D eigenvalue weighted by atomic mass is 16.5. The Kier molecular flexibility index (Phi) is 4.76. The van der Waals surface area contributed by atoms with Gasteiger partial charge in [0.15, 0.2) is 0 Å². The van der Waals surface area contributed by atoms with Gasteiger partial charge in [-0.25, -0.2) is 0 Å². The van der Waals surface area contributed by atoms with Gasteiger partial charge in [0.1, 0.15) is 5.75 Å². The zero-order valence-electron chi connectivity index (χ0n) is 10.6. The van der Waals surface area contributed by atoms with Gasteiger partial charge >= 0.3 is 0 Å². The second-order valence-electron chi connectivity index (χ2n) is 4.17. The van der Waals surface area contributed by atoms with Gasteiger partial charge in [0, 0.05) is 0 Å². The van der Waals surface area contributed by atoms with Crippen molar-refractivity contribution in [1.29, 1.82) is 0 Å². The molecule has 1 N–H and O–H groups in total. The average Bonchev–Trinajstić information content (AvgIpc) is 2.28. The quantitative estimate of drug-likeness (QED) is 0.794. The van der Waals surface area contributed by atoms with Crippen LogP contribution in [-0.4, -0.2) is 12.0 Å². The van der Waals surface area contributed by atoms with Crippen LogP contribution in [0.5, 0.6) is 5.75 Å². The van der Waals surface area contributed by atoms with Crippen molar-refractivity contribution < 1.29 is 9.53 Å². The Morgan fingerprint density at radius 1 is 1.41 bits per heavy atom. The molecule has 1 aromatic carbocycles. The van der Waals surface area contributed by atoms with Gasteiger partial charge in [0.25, 0.3) is 0 Å². The second-order valence-corrected chi connectivity index (χ2v) is 4.17. The summed E-state index contributed by atoms with van der Waals surface area (Å²) in [5.41, 5.74) is 1.01. The summed E-state index contributed by atoms with van der Waals surface area (Å²) in [6, 6.07) is 7.67. The van der Waals surface area contributed by atoms with Gasteiger partial charge in [-0.2, -0.15) is 0 Å². The van der Waals surface area contributed by atoms with Crippen LogP contribution in [0, 0.1) is 0 Å². The summed E-state index contributed by atoms with van der Waals surface area (Å²) in [7, 11) is 0. The van der Waals surface area contributed by atoms with Gasteiger partial charge in [-0.1, -0.05) is 18.7 Å². The molecule has 0 bridgehead atoms. The smallest absolute Gasteiger partial charge is 0.243 e. The number of hydrogen-bond acceptors (Lipinski definition) is 2. The first kappa shape index (κ1) is 13.3. The van der Waals surface area contributed by atoms with Crippen molar-refractivity contribution in [1.82, 2.24) is 5.32 Å². The number of nitrogens with one attached hydrogen (secondary N) is 1. The third-order valence-electron chi connectivity index (χ3n) is 2.27. The zero-order valence-corrected chi connectivity index (χ0v) is 10.6. The molecule has 0 saturated carbocycles. The van der Waals surface area contributed by atoms with Gasteiger partial charge in [-0.15, -0.1) is 0 Å². The first-order chi connectivity index (χ1) is 8.02. The molecule has 0 saturated heterocycles. The minimum Gasteiger partial charge on any atom is -0.491 e. The van der Waals surface area contributed by atoms with E-state index in [0.717, 1.165) is 11.3 Å². The lowest BCUT2D eigenvalue weighted by molar-refractivity contribution is -0.117. The van der Waals surface area contributed by atoms with E-state index in [1.54, 1.807) is 0 Å². The maximum Gasteiger partial charge on any atom is 0.243 e. The standard InChI is InChI=1S/C14H19NO2/c1-5-14(16)15-11(4)12-7-6-8-13(9-12)17-10(2)3/h5-11H,1H2,2-4H3,(H,15,16). The minimum atomic E-state index is -0.173. The molecule has 92 valence electrons. The van der Waals surface area contributed by atoms with Gasteiger partial charge in [0.05, 0.1) is 12.1 Å². The highest BCUT2D eigenvalue weighted by Gasteiger charge is 2.08. The molecule has 1 rings (SSSR count). The van der Waals surface area contributed by atoms with Gasteiger partial charge in [-0.3, -0.25) is 4.79 Å². The molecule has 3 nitrogen and oxygen atoms in total. The van der Waals surface area contributed by atoms with E-state index in [0.29, 0.717) is 0 Å². The number of carbonyl (C=O) groups excluding carboxylic acids is 1.